The van der Waals surface area contributed by atoms with Crippen LogP contribution in [0.3, 0.4) is 0 Å². The van der Waals surface area contributed by atoms with Crippen LogP contribution in [0.5, 0.6) is 0 Å². The van der Waals surface area contributed by atoms with Gasteiger partial charge in [0.15, 0.2) is 4.80 Å². The minimum absolute atomic E-state index is 0.0896. The van der Waals surface area contributed by atoms with E-state index in [1.54, 1.807) is 10.6 Å². The summed E-state index contributed by atoms with van der Waals surface area (Å²) in [4.78, 5) is 30.4. The lowest BCUT2D eigenvalue weighted by atomic mass is 9.91. The maximum Gasteiger partial charge on any atom is 0.325 e. The largest absolute Gasteiger partial charge is 0.468 e. The fourth-order valence-corrected chi connectivity index (χ4v) is 4.83. The highest BCUT2D eigenvalue weighted by molar-refractivity contribution is 7.16. The Morgan fingerprint density at radius 1 is 0.968 bits per heavy atom. The molecule has 1 amide bonds. The van der Waals surface area contributed by atoms with E-state index >= 15 is 0 Å². The van der Waals surface area contributed by atoms with E-state index in [9.17, 15) is 9.59 Å². The minimum atomic E-state index is -0.560. The molecule has 0 aliphatic rings. The van der Waals surface area contributed by atoms with Crippen LogP contribution in [0.4, 0.5) is 0 Å². The Kier molecular flexibility index (Phi) is 6.30. The van der Waals surface area contributed by atoms with Gasteiger partial charge in [-0.2, -0.15) is 4.99 Å². The summed E-state index contributed by atoms with van der Waals surface area (Å²) in [7, 11) is 1.32. The summed E-state index contributed by atoms with van der Waals surface area (Å²) in [6.07, 6.45) is 0. The number of thiazole rings is 1. The Bertz CT molecular complexity index is 1260. The monoisotopic (exact) mass is 450 g/mol. The molecule has 4 aromatic rings. The van der Waals surface area contributed by atoms with Crippen LogP contribution in [0.25, 0.3) is 10.2 Å². The van der Waals surface area contributed by atoms with Gasteiger partial charge in [-0.25, -0.2) is 0 Å². The van der Waals surface area contributed by atoms with Gasteiger partial charge in [0.2, 0.25) is 0 Å². The summed E-state index contributed by atoms with van der Waals surface area (Å²) in [6.45, 7) is -0.0896. The number of methoxy groups -OCH3 is 1. The van der Waals surface area contributed by atoms with Crippen molar-refractivity contribution in [2.45, 2.75) is 12.5 Å². The fourth-order valence-electron chi connectivity index (χ4n) is 3.44. The number of carbonyl (C=O) groups excluding carboxylic acids is 2. The topological polar surface area (TPSA) is 60.7 Å². The lowest BCUT2D eigenvalue weighted by Gasteiger charge is -2.14. The van der Waals surface area contributed by atoms with Crippen LogP contribution < -0.4 is 4.80 Å². The zero-order valence-corrected chi connectivity index (χ0v) is 18.3. The highest BCUT2D eigenvalue weighted by Gasteiger charge is 2.23. The second-order valence-electron chi connectivity index (χ2n) is 6.84. The molecule has 0 N–H and O–H groups in total. The maximum absolute atomic E-state index is 13.5. The van der Waals surface area contributed by atoms with Crippen molar-refractivity contribution in [3.05, 3.63) is 99.8 Å². The van der Waals surface area contributed by atoms with E-state index in [1.165, 1.54) is 18.4 Å². The first-order chi connectivity index (χ1) is 15.1. The Labute approximate surface area is 188 Å². The first kappa shape index (κ1) is 21.0. The number of esters is 1. The summed E-state index contributed by atoms with van der Waals surface area (Å²) in [5, 5.41) is 0.481. The zero-order chi connectivity index (χ0) is 21.8. The molecular weight excluding hydrogens is 432 g/mol. The molecule has 3 aromatic carbocycles. The predicted octanol–water partition coefficient (Wildman–Crippen LogP) is 4.79. The van der Waals surface area contributed by atoms with Gasteiger partial charge < -0.3 is 9.30 Å². The van der Waals surface area contributed by atoms with Gasteiger partial charge >= 0.3 is 5.97 Å². The van der Waals surface area contributed by atoms with E-state index < -0.39 is 11.9 Å². The number of ether oxygens (including phenoxy) is 1. The third-order valence-corrected chi connectivity index (χ3v) is 6.23. The number of hydrogen-bond donors (Lipinski definition) is 0. The molecule has 7 heteroatoms. The lowest BCUT2D eigenvalue weighted by molar-refractivity contribution is -0.141. The van der Waals surface area contributed by atoms with Crippen LogP contribution in [-0.4, -0.2) is 23.6 Å². The molecule has 0 saturated carbocycles. The maximum atomic E-state index is 13.5. The van der Waals surface area contributed by atoms with Gasteiger partial charge in [0.25, 0.3) is 5.91 Å². The minimum Gasteiger partial charge on any atom is -0.468 e. The third-order valence-electron chi connectivity index (χ3n) is 4.89. The van der Waals surface area contributed by atoms with Crippen molar-refractivity contribution in [2.24, 2.45) is 4.99 Å². The van der Waals surface area contributed by atoms with Crippen LogP contribution in [0.1, 0.15) is 17.0 Å². The average Bonchev–Trinajstić information content (AvgIpc) is 3.13. The molecule has 0 radical (unpaired) electrons. The van der Waals surface area contributed by atoms with Crippen molar-refractivity contribution >= 4 is 45.0 Å². The lowest BCUT2D eigenvalue weighted by Crippen LogP contribution is -2.24. The molecule has 1 heterocycles. The van der Waals surface area contributed by atoms with Gasteiger partial charge in [0.1, 0.15) is 6.54 Å². The van der Waals surface area contributed by atoms with E-state index in [0.717, 1.165) is 15.8 Å². The molecule has 0 bridgehead atoms. The summed E-state index contributed by atoms with van der Waals surface area (Å²) in [6, 6.07) is 24.5. The molecule has 0 saturated heterocycles. The number of fused-ring (bicyclic) bond motifs is 1. The van der Waals surface area contributed by atoms with E-state index in [-0.39, 0.29) is 12.5 Å². The standard InChI is InChI=1S/C24H19ClN2O3S/c1-30-20(28)15-27-22-18(25)13-8-14-19(22)31-24(27)26-23(29)21(16-9-4-2-5-10-16)17-11-6-3-7-12-17/h2-14,21H,15H2,1H3. The highest BCUT2D eigenvalue weighted by atomic mass is 35.5. The van der Waals surface area contributed by atoms with E-state index in [1.807, 2.05) is 72.8 Å². The summed E-state index contributed by atoms with van der Waals surface area (Å²) in [5.41, 5.74) is 2.35. The van der Waals surface area contributed by atoms with E-state index in [0.29, 0.717) is 15.3 Å². The predicted molar refractivity (Wildman–Crippen MR) is 122 cm³/mol. The first-order valence-corrected chi connectivity index (χ1v) is 10.8. The summed E-state index contributed by atoms with van der Waals surface area (Å²) < 4.78 is 7.30. The van der Waals surface area contributed by atoms with Gasteiger partial charge in [-0.05, 0) is 23.3 Å². The molecule has 31 heavy (non-hydrogen) atoms. The second kappa shape index (κ2) is 9.29. The van der Waals surface area contributed by atoms with E-state index in [4.69, 9.17) is 16.3 Å². The molecule has 0 unspecified atom stereocenters. The summed E-state index contributed by atoms with van der Waals surface area (Å²) in [5.74, 6) is -1.33. The molecule has 5 nitrogen and oxygen atoms in total. The molecule has 4 rings (SSSR count). The number of carbonyl (C=O) groups is 2. The van der Waals surface area contributed by atoms with Crippen LogP contribution in [-0.2, 0) is 20.9 Å². The summed E-state index contributed by atoms with van der Waals surface area (Å²) >= 11 is 7.71. The molecule has 0 aliphatic heterocycles. The molecule has 156 valence electrons. The van der Waals surface area contributed by atoms with Crippen molar-refractivity contribution in [1.82, 2.24) is 4.57 Å². The Hall–Kier alpha value is -3.22. The van der Waals surface area contributed by atoms with Crippen molar-refractivity contribution in [1.29, 1.82) is 0 Å². The number of para-hydroxylation sites is 1. The molecule has 0 aliphatic carbocycles. The van der Waals surface area contributed by atoms with Crippen molar-refractivity contribution in [3.63, 3.8) is 0 Å². The van der Waals surface area contributed by atoms with Gasteiger partial charge in [0.05, 0.1) is 28.3 Å². The first-order valence-electron chi connectivity index (χ1n) is 9.61. The molecular formula is C24H19ClN2O3S. The number of hydrogen-bond acceptors (Lipinski definition) is 4. The molecule has 0 spiro atoms. The average molecular weight is 451 g/mol. The second-order valence-corrected chi connectivity index (χ2v) is 8.25. The van der Waals surface area contributed by atoms with Crippen molar-refractivity contribution in [2.75, 3.05) is 7.11 Å². The quantitative estimate of drug-likeness (QED) is 0.411. The zero-order valence-electron chi connectivity index (χ0n) is 16.7. The fraction of sp³-hybridized carbons (Fsp3) is 0.125. The van der Waals surface area contributed by atoms with Crippen LogP contribution in [0, 0.1) is 0 Å². The van der Waals surface area contributed by atoms with E-state index in [2.05, 4.69) is 4.99 Å². The van der Waals surface area contributed by atoms with Gasteiger partial charge in [-0.3, -0.25) is 9.59 Å². The van der Waals surface area contributed by atoms with Crippen molar-refractivity contribution in [3.8, 4) is 0 Å². The Morgan fingerprint density at radius 3 is 2.16 bits per heavy atom. The van der Waals surface area contributed by atoms with Gasteiger partial charge in [-0.15, -0.1) is 0 Å². The molecule has 1 aromatic heterocycles. The molecule has 0 fully saturated rings. The normalized spacial score (nSPS) is 11.8. The Morgan fingerprint density at radius 2 is 1.58 bits per heavy atom. The number of aromatic nitrogens is 1. The Balaban J connectivity index is 1.88. The number of halogens is 1. The molecule has 0 atom stereocenters. The van der Waals surface area contributed by atoms with Gasteiger partial charge in [0, 0.05) is 0 Å². The van der Waals surface area contributed by atoms with Crippen molar-refractivity contribution < 1.29 is 14.3 Å². The third kappa shape index (κ3) is 4.45. The number of nitrogens with zero attached hydrogens (tertiary/aromatic N) is 2. The number of amides is 1. The SMILES string of the molecule is COC(=O)Cn1c(=NC(=O)C(c2ccccc2)c2ccccc2)sc2cccc(Cl)c21. The van der Waals surface area contributed by atoms with Crippen LogP contribution >= 0.6 is 22.9 Å². The number of rotatable bonds is 5. The van der Waals surface area contributed by atoms with Crippen LogP contribution in [0.2, 0.25) is 5.02 Å². The highest BCUT2D eigenvalue weighted by Crippen LogP contribution is 2.28. The van der Waals surface area contributed by atoms with Crippen LogP contribution in [0.15, 0.2) is 83.9 Å². The number of benzene rings is 3. The van der Waals surface area contributed by atoms with Gasteiger partial charge in [-0.1, -0.05) is 89.7 Å². The smallest absolute Gasteiger partial charge is 0.325 e.